The van der Waals surface area contributed by atoms with E-state index >= 15 is 0 Å². The first-order valence-electron chi connectivity index (χ1n) is 3.76. The van der Waals surface area contributed by atoms with Crippen molar-refractivity contribution in [2.24, 2.45) is 0 Å². The maximum Gasteiger partial charge on any atom is 0.420 e. The minimum atomic E-state index is -4.47. The van der Waals surface area contributed by atoms with E-state index in [1.54, 1.807) is 0 Å². The summed E-state index contributed by atoms with van der Waals surface area (Å²) in [5.41, 5.74) is -1.21. The number of fused-ring (bicyclic) bond motifs is 1. The standard InChI is InChI=1S/C9H5F3O2/c10-9(11,12)6-3-1-2-5-7(13)4-14-8(5)6/h1-4,13H. The summed E-state index contributed by atoms with van der Waals surface area (Å²) < 4.78 is 41.8. The van der Waals surface area contributed by atoms with Crippen LogP contribution in [-0.4, -0.2) is 5.11 Å². The summed E-state index contributed by atoms with van der Waals surface area (Å²) in [6.45, 7) is 0. The van der Waals surface area contributed by atoms with Gasteiger partial charge in [0.1, 0.15) is 11.8 Å². The van der Waals surface area contributed by atoms with Crippen molar-refractivity contribution in [3.05, 3.63) is 30.0 Å². The first-order chi connectivity index (χ1) is 6.50. The lowest BCUT2D eigenvalue weighted by Gasteiger charge is -2.05. The molecule has 1 heterocycles. The topological polar surface area (TPSA) is 33.4 Å². The van der Waals surface area contributed by atoms with Crippen LogP contribution < -0.4 is 0 Å². The molecule has 0 aliphatic carbocycles. The Hall–Kier alpha value is -1.65. The zero-order valence-corrected chi connectivity index (χ0v) is 6.80. The molecule has 5 heteroatoms. The van der Waals surface area contributed by atoms with Gasteiger partial charge in [0, 0.05) is 0 Å². The molecule has 0 fully saturated rings. The predicted molar refractivity (Wildman–Crippen MR) is 42.9 cm³/mol. The van der Waals surface area contributed by atoms with Crippen molar-refractivity contribution in [3.63, 3.8) is 0 Å². The van der Waals surface area contributed by atoms with Crippen LogP contribution in [0.1, 0.15) is 5.56 Å². The first-order valence-corrected chi connectivity index (χ1v) is 3.76. The summed E-state index contributed by atoms with van der Waals surface area (Å²) in [5.74, 6) is -0.286. The molecule has 0 bridgehead atoms. The lowest BCUT2D eigenvalue weighted by atomic mass is 10.1. The first kappa shape index (κ1) is 8.93. The van der Waals surface area contributed by atoms with Crippen LogP contribution in [0.3, 0.4) is 0 Å². The third kappa shape index (κ3) is 1.21. The fourth-order valence-electron chi connectivity index (χ4n) is 1.27. The van der Waals surface area contributed by atoms with Crippen molar-refractivity contribution in [2.45, 2.75) is 6.18 Å². The van der Waals surface area contributed by atoms with Gasteiger partial charge in [-0.2, -0.15) is 13.2 Å². The molecule has 0 radical (unpaired) electrons. The van der Waals surface area contributed by atoms with Crippen molar-refractivity contribution < 1.29 is 22.7 Å². The lowest BCUT2D eigenvalue weighted by Crippen LogP contribution is -2.04. The van der Waals surface area contributed by atoms with Crippen molar-refractivity contribution in [2.75, 3.05) is 0 Å². The highest BCUT2D eigenvalue weighted by Gasteiger charge is 2.34. The minimum Gasteiger partial charge on any atom is -0.504 e. The second-order valence-electron chi connectivity index (χ2n) is 2.80. The number of hydrogen-bond acceptors (Lipinski definition) is 2. The van der Waals surface area contributed by atoms with Gasteiger partial charge in [-0.1, -0.05) is 6.07 Å². The summed E-state index contributed by atoms with van der Waals surface area (Å²) in [6, 6.07) is 3.50. The highest BCUT2D eigenvalue weighted by Crippen LogP contribution is 2.38. The second kappa shape index (κ2) is 2.67. The molecule has 0 amide bonds. The molecule has 14 heavy (non-hydrogen) atoms. The molecule has 1 aromatic carbocycles. The fraction of sp³-hybridized carbons (Fsp3) is 0.111. The Morgan fingerprint density at radius 1 is 1.21 bits per heavy atom. The molecular weight excluding hydrogens is 197 g/mol. The Morgan fingerprint density at radius 3 is 2.57 bits per heavy atom. The average molecular weight is 202 g/mol. The van der Waals surface area contributed by atoms with E-state index in [1.165, 1.54) is 12.1 Å². The summed E-state index contributed by atoms with van der Waals surface area (Å²) >= 11 is 0. The molecule has 0 aliphatic heterocycles. The number of halogens is 3. The molecule has 2 nitrogen and oxygen atoms in total. The maximum absolute atomic E-state index is 12.4. The molecule has 2 aromatic rings. The Labute approximate surface area is 76.6 Å². The minimum absolute atomic E-state index is 0.0693. The maximum atomic E-state index is 12.4. The van der Waals surface area contributed by atoms with Crippen LogP contribution >= 0.6 is 0 Å². The van der Waals surface area contributed by atoms with E-state index in [2.05, 4.69) is 4.42 Å². The van der Waals surface area contributed by atoms with Crippen molar-refractivity contribution in [1.29, 1.82) is 0 Å². The van der Waals surface area contributed by atoms with E-state index in [1.807, 2.05) is 0 Å². The van der Waals surface area contributed by atoms with Gasteiger partial charge in [-0.3, -0.25) is 0 Å². The van der Waals surface area contributed by atoms with Crippen LogP contribution in [0.5, 0.6) is 5.75 Å². The highest BCUT2D eigenvalue weighted by atomic mass is 19.4. The van der Waals surface area contributed by atoms with Gasteiger partial charge in [0.2, 0.25) is 0 Å². The van der Waals surface area contributed by atoms with Gasteiger partial charge in [0.25, 0.3) is 0 Å². The molecule has 0 saturated carbocycles. The van der Waals surface area contributed by atoms with Gasteiger partial charge < -0.3 is 9.52 Å². The van der Waals surface area contributed by atoms with Gasteiger partial charge in [0.15, 0.2) is 5.75 Å². The zero-order valence-electron chi connectivity index (χ0n) is 6.80. The summed E-state index contributed by atoms with van der Waals surface area (Å²) in [6.07, 6.45) is -3.58. The number of hydrogen-bond donors (Lipinski definition) is 1. The van der Waals surface area contributed by atoms with E-state index < -0.39 is 11.7 Å². The summed E-state index contributed by atoms with van der Waals surface area (Å²) in [7, 11) is 0. The third-order valence-corrected chi connectivity index (χ3v) is 1.88. The number of para-hydroxylation sites is 1. The van der Waals surface area contributed by atoms with Gasteiger partial charge in [-0.25, -0.2) is 0 Å². The van der Waals surface area contributed by atoms with Crippen LogP contribution in [0.25, 0.3) is 11.0 Å². The number of furan rings is 1. The van der Waals surface area contributed by atoms with Gasteiger partial charge >= 0.3 is 6.18 Å². The summed E-state index contributed by atoms with van der Waals surface area (Å²) in [4.78, 5) is 0. The second-order valence-corrected chi connectivity index (χ2v) is 2.80. The Bertz CT molecular complexity index is 470. The van der Waals surface area contributed by atoms with Crippen molar-refractivity contribution in [3.8, 4) is 5.75 Å². The van der Waals surface area contributed by atoms with E-state index in [4.69, 9.17) is 5.11 Å². The SMILES string of the molecule is Oc1coc2c(C(F)(F)F)cccc12. The number of rotatable bonds is 0. The summed E-state index contributed by atoms with van der Waals surface area (Å²) in [5, 5.41) is 9.21. The Kier molecular flexibility index (Phi) is 1.70. The molecule has 1 N–H and O–H groups in total. The van der Waals surface area contributed by atoms with Crippen LogP contribution in [-0.2, 0) is 6.18 Å². The molecule has 0 unspecified atom stereocenters. The lowest BCUT2D eigenvalue weighted by molar-refractivity contribution is -0.136. The van der Waals surface area contributed by atoms with Crippen LogP contribution in [0.2, 0.25) is 0 Å². The smallest absolute Gasteiger partial charge is 0.420 e. The molecule has 2 rings (SSSR count). The Morgan fingerprint density at radius 2 is 1.93 bits per heavy atom. The third-order valence-electron chi connectivity index (χ3n) is 1.88. The van der Waals surface area contributed by atoms with Crippen molar-refractivity contribution in [1.82, 2.24) is 0 Å². The van der Waals surface area contributed by atoms with Crippen LogP contribution in [0, 0.1) is 0 Å². The van der Waals surface area contributed by atoms with E-state index in [0.717, 1.165) is 12.3 Å². The number of benzene rings is 1. The molecule has 0 saturated heterocycles. The fourth-order valence-corrected chi connectivity index (χ4v) is 1.27. The normalized spacial score (nSPS) is 12.2. The van der Waals surface area contributed by atoms with E-state index in [0.29, 0.717) is 0 Å². The quantitative estimate of drug-likeness (QED) is 0.711. The average Bonchev–Trinajstić information content (AvgIpc) is 2.46. The van der Waals surface area contributed by atoms with Crippen molar-refractivity contribution >= 4 is 11.0 Å². The monoisotopic (exact) mass is 202 g/mol. The Balaban J connectivity index is 2.79. The van der Waals surface area contributed by atoms with E-state index in [9.17, 15) is 13.2 Å². The molecule has 1 aromatic heterocycles. The van der Waals surface area contributed by atoms with Gasteiger partial charge in [-0.05, 0) is 12.1 Å². The molecule has 0 aliphatic rings. The molecule has 0 spiro atoms. The van der Waals surface area contributed by atoms with Gasteiger partial charge in [0.05, 0.1) is 10.9 Å². The zero-order chi connectivity index (χ0) is 10.3. The van der Waals surface area contributed by atoms with E-state index in [-0.39, 0.29) is 16.7 Å². The molecular formula is C9H5F3O2. The van der Waals surface area contributed by atoms with Crippen LogP contribution in [0.4, 0.5) is 13.2 Å². The molecule has 74 valence electrons. The predicted octanol–water partition coefficient (Wildman–Crippen LogP) is 3.16. The number of alkyl halides is 3. The highest BCUT2D eigenvalue weighted by molar-refractivity contribution is 5.86. The molecule has 0 atom stereocenters. The van der Waals surface area contributed by atoms with Crippen LogP contribution in [0.15, 0.2) is 28.9 Å². The van der Waals surface area contributed by atoms with Gasteiger partial charge in [-0.15, -0.1) is 0 Å². The largest absolute Gasteiger partial charge is 0.504 e. The number of aromatic hydroxyl groups is 1.